The van der Waals surface area contributed by atoms with Crippen molar-refractivity contribution < 1.29 is 4.79 Å². The van der Waals surface area contributed by atoms with Crippen LogP contribution in [0.1, 0.15) is 19.8 Å². The van der Waals surface area contributed by atoms with Crippen LogP contribution in [0.15, 0.2) is 0 Å². The topological polar surface area (TPSA) is 43.1 Å². The van der Waals surface area contributed by atoms with Gasteiger partial charge in [0.15, 0.2) is 0 Å². The highest BCUT2D eigenvalue weighted by molar-refractivity contribution is 5.86. The van der Waals surface area contributed by atoms with Crippen molar-refractivity contribution in [2.45, 2.75) is 25.8 Å². The predicted octanol–water partition coefficient (Wildman–Crippen LogP) is 0.313. The number of hydrogen-bond donors (Lipinski definition) is 1. The number of rotatable bonds is 0. The van der Waals surface area contributed by atoms with Gasteiger partial charge >= 0.3 is 0 Å². The van der Waals surface area contributed by atoms with Gasteiger partial charge < -0.3 is 5.73 Å². The fourth-order valence-electron chi connectivity index (χ4n) is 1.03. The Labute approximate surface area is 49.1 Å². The largest absolute Gasteiger partial charge is 0.321 e. The minimum Gasteiger partial charge on any atom is -0.321 e. The molecule has 2 N–H and O–H groups in total. The Morgan fingerprint density at radius 2 is 2.38 bits per heavy atom. The van der Waals surface area contributed by atoms with Crippen molar-refractivity contribution in [2.24, 2.45) is 11.7 Å². The summed E-state index contributed by atoms with van der Waals surface area (Å²) in [6, 6.07) is -0.157. The molecule has 0 heterocycles. The van der Waals surface area contributed by atoms with E-state index in [2.05, 4.69) is 0 Å². The van der Waals surface area contributed by atoms with Crippen molar-refractivity contribution in [1.29, 1.82) is 0 Å². The van der Waals surface area contributed by atoms with Gasteiger partial charge in [-0.2, -0.15) is 0 Å². The first-order valence-corrected chi connectivity index (χ1v) is 3.00. The highest BCUT2D eigenvalue weighted by Gasteiger charge is 2.27. The molecule has 2 unspecified atom stereocenters. The van der Waals surface area contributed by atoms with Crippen LogP contribution in [0.3, 0.4) is 0 Å². The summed E-state index contributed by atoms with van der Waals surface area (Å²) in [5.41, 5.74) is 5.47. The molecule has 0 bridgehead atoms. The molecule has 0 aliphatic heterocycles. The fourth-order valence-corrected chi connectivity index (χ4v) is 1.03. The number of hydrogen-bond acceptors (Lipinski definition) is 2. The fraction of sp³-hybridized carbons (Fsp3) is 0.833. The van der Waals surface area contributed by atoms with Crippen molar-refractivity contribution in [1.82, 2.24) is 0 Å². The molecule has 46 valence electrons. The van der Waals surface area contributed by atoms with Crippen molar-refractivity contribution >= 4 is 5.78 Å². The zero-order chi connectivity index (χ0) is 6.15. The molecule has 1 rings (SSSR count). The average Bonchev–Trinajstić information content (AvgIpc) is 1.98. The zero-order valence-corrected chi connectivity index (χ0v) is 5.05. The molecule has 0 aromatic rings. The lowest BCUT2D eigenvalue weighted by Crippen LogP contribution is -2.29. The van der Waals surface area contributed by atoms with Gasteiger partial charge in [-0.25, -0.2) is 0 Å². The molecule has 2 atom stereocenters. The van der Waals surface area contributed by atoms with Gasteiger partial charge in [-0.1, -0.05) is 6.92 Å². The van der Waals surface area contributed by atoms with Gasteiger partial charge in [0, 0.05) is 6.42 Å². The number of nitrogens with two attached hydrogens (primary N) is 1. The van der Waals surface area contributed by atoms with Crippen LogP contribution in [0, 0.1) is 5.92 Å². The summed E-state index contributed by atoms with van der Waals surface area (Å²) >= 11 is 0. The molecule has 0 saturated heterocycles. The highest BCUT2D eigenvalue weighted by Crippen LogP contribution is 2.19. The van der Waals surface area contributed by atoms with Crippen LogP contribution in [-0.2, 0) is 4.79 Å². The van der Waals surface area contributed by atoms with Crippen LogP contribution in [0.2, 0.25) is 0 Å². The SMILES string of the molecule is CC1CCC(=O)C1N. The number of ketones is 1. The van der Waals surface area contributed by atoms with Gasteiger partial charge in [0.1, 0.15) is 5.78 Å². The smallest absolute Gasteiger partial charge is 0.149 e. The summed E-state index contributed by atoms with van der Waals surface area (Å²) in [5, 5.41) is 0. The van der Waals surface area contributed by atoms with Crippen molar-refractivity contribution in [3.05, 3.63) is 0 Å². The van der Waals surface area contributed by atoms with Crippen LogP contribution in [0.5, 0.6) is 0 Å². The van der Waals surface area contributed by atoms with E-state index in [1.54, 1.807) is 0 Å². The lowest BCUT2D eigenvalue weighted by atomic mass is 10.1. The quantitative estimate of drug-likeness (QED) is 0.491. The van der Waals surface area contributed by atoms with E-state index < -0.39 is 0 Å². The van der Waals surface area contributed by atoms with Crippen LogP contribution in [-0.4, -0.2) is 11.8 Å². The molecule has 1 aliphatic carbocycles. The summed E-state index contributed by atoms with van der Waals surface area (Å²) < 4.78 is 0. The van der Waals surface area contributed by atoms with E-state index in [-0.39, 0.29) is 11.8 Å². The molecule has 2 heteroatoms. The van der Waals surface area contributed by atoms with Crippen molar-refractivity contribution in [3.63, 3.8) is 0 Å². The number of Topliss-reactive ketones (excluding diaryl/α,β-unsaturated/α-hetero) is 1. The third kappa shape index (κ3) is 0.757. The molecule has 0 aromatic heterocycles. The van der Waals surface area contributed by atoms with E-state index in [4.69, 9.17) is 5.73 Å². The van der Waals surface area contributed by atoms with Gasteiger partial charge in [-0.05, 0) is 12.3 Å². The van der Waals surface area contributed by atoms with Crippen LogP contribution in [0.4, 0.5) is 0 Å². The Morgan fingerprint density at radius 1 is 1.75 bits per heavy atom. The lowest BCUT2D eigenvalue weighted by Gasteiger charge is -2.04. The van der Waals surface area contributed by atoms with E-state index in [1.165, 1.54) is 0 Å². The summed E-state index contributed by atoms with van der Waals surface area (Å²) in [4.78, 5) is 10.7. The van der Waals surface area contributed by atoms with Crippen molar-refractivity contribution in [3.8, 4) is 0 Å². The maximum absolute atomic E-state index is 10.7. The second-order valence-electron chi connectivity index (χ2n) is 2.51. The summed E-state index contributed by atoms with van der Waals surface area (Å²) in [6.07, 6.45) is 1.68. The Kier molecular flexibility index (Phi) is 1.34. The second kappa shape index (κ2) is 1.86. The minimum absolute atomic E-state index is 0.157. The maximum Gasteiger partial charge on any atom is 0.149 e. The average molecular weight is 113 g/mol. The summed E-state index contributed by atoms with van der Waals surface area (Å²) in [5.74, 6) is 0.653. The van der Waals surface area contributed by atoms with Gasteiger partial charge in [0.05, 0.1) is 6.04 Å². The van der Waals surface area contributed by atoms with Gasteiger partial charge in [0.25, 0.3) is 0 Å². The van der Waals surface area contributed by atoms with E-state index in [9.17, 15) is 4.79 Å². The summed E-state index contributed by atoms with van der Waals surface area (Å²) in [7, 11) is 0. The second-order valence-corrected chi connectivity index (χ2v) is 2.51. The molecule has 0 radical (unpaired) electrons. The van der Waals surface area contributed by atoms with Gasteiger partial charge in [-0.3, -0.25) is 4.79 Å². The monoisotopic (exact) mass is 113 g/mol. The maximum atomic E-state index is 10.7. The lowest BCUT2D eigenvalue weighted by molar-refractivity contribution is -0.118. The third-order valence-electron chi connectivity index (χ3n) is 1.83. The molecule has 0 spiro atoms. The van der Waals surface area contributed by atoms with E-state index in [0.29, 0.717) is 12.3 Å². The Morgan fingerprint density at radius 3 is 2.50 bits per heavy atom. The predicted molar refractivity (Wildman–Crippen MR) is 31.4 cm³/mol. The van der Waals surface area contributed by atoms with Gasteiger partial charge in [-0.15, -0.1) is 0 Å². The molecule has 1 fully saturated rings. The normalized spacial score (nSPS) is 38.5. The third-order valence-corrected chi connectivity index (χ3v) is 1.83. The first kappa shape index (κ1) is 5.76. The Balaban J connectivity index is 2.56. The van der Waals surface area contributed by atoms with E-state index in [1.807, 2.05) is 6.92 Å². The van der Waals surface area contributed by atoms with Gasteiger partial charge in [0.2, 0.25) is 0 Å². The Bertz CT molecular complexity index is 111. The highest BCUT2D eigenvalue weighted by atomic mass is 16.1. The first-order chi connectivity index (χ1) is 3.72. The molecule has 8 heavy (non-hydrogen) atoms. The first-order valence-electron chi connectivity index (χ1n) is 3.00. The molecule has 0 amide bonds. The zero-order valence-electron chi connectivity index (χ0n) is 5.05. The molecule has 2 nitrogen and oxygen atoms in total. The molecule has 1 saturated carbocycles. The van der Waals surface area contributed by atoms with Crippen LogP contribution in [0.25, 0.3) is 0 Å². The number of carbonyl (C=O) groups is 1. The van der Waals surface area contributed by atoms with Crippen LogP contribution >= 0.6 is 0 Å². The van der Waals surface area contributed by atoms with E-state index >= 15 is 0 Å². The number of carbonyl (C=O) groups excluding carboxylic acids is 1. The van der Waals surface area contributed by atoms with Crippen molar-refractivity contribution in [2.75, 3.05) is 0 Å². The molecular formula is C6H11NO. The van der Waals surface area contributed by atoms with Crippen LogP contribution < -0.4 is 5.73 Å². The van der Waals surface area contributed by atoms with E-state index in [0.717, 1.165) is 6.42 Å². The molecule has 0 aromatic carbocycles. The summed E-state index contributed by atoms with van der Waals surface area (Å²) in [6.45, 7) is 2.02. The Hall–Kier alpha value is -0.370. The standard InChI is InChI=1S/C6H11NO/c1-4-2-3-5(8)6(4)7/h4,6H,2-3,7H2,1H3. The molecular weight excluding hydrogens is 102 g/mol. The minimum atomic E-state index is -0.157. The molecule has 1 aliphatic rings.